The van der Waals surface area contributed by atoms with Gasteiger partial charge in [0.2, 0.25) is 5.91 Å². The van der Waals surface area contributed by atoms with Crippen LogP contribution in [0.15, 0.2) is 18.2 Å². The quantitative estimate of drug-likeness (QED) is 0.844. The van der Waals surface area contributed by atoms with Gasteiger partial charge in [-0.1, -0.05) is 19.9 Å². The van der Waals surface area contributed by atoms with E-state index in [0.29, 0.717) is 6.42 Å². The van der Waals surface area contributed by atoms with E-state index >= 15 is 0 Å². The summed E-state index contributed by atoms with van der Waals surface area (Å²) in [5, 5.41) is 10.4. The van der Waals surface area contributed by atoms with Crippen LogP contribution in [-0.4, -0.2) is 43.6 Å². The average Bonchev–Trinajstić information content (AvgIpc) is 3.38. The van der Waals surface area contributed by atoms with E-state index in [1.807, 2.05) is 0 Å². The Morgan fingerprint density at radius 2 is 2.15 bits per heavy atom. The number of aliphatic hydroxyl groups is 1. The minimum absolute atomic E-state index is 0.0627. The number of rotatable bonds is 5. The van der Waals surface area contributed by atoms with Crippen molar-refractivity contribution in [3.8, 4) is 0 Å². The van der Waals surface area contributed by atoms with E-state index in [-0.39, 0.29) is 23.9 Å². The Morgan fingerprint density at radius 1 is 1.37 bits per heavy atom. The second kappa shape index (κ2) is 6.06. The molecule has 6 rings (SSSR count). The molecule has 2 saturated carbocycles. The fourth-order valence-electron chi connectivity index (χ4n) is 5.18. The Bertz CT molecular complexity index is 879. The van der Waals surface area contributed by atoms with Crippen molar-refractivity contribution >= 4 is 16.9 Å². The van der Waals surface area contributed by atoms with Gasteiger partial charge in [-0.05, 0) is 62.1 Å². The van der Waals surface area contributed by atoms with Crippen LogP contribution in [0.3, 0.4) is 0 Å². The third kappa shape index (κ3) is 2.96. The zero-order valence-corrected chi connectivity index (χ0v) is 16.2. The number of carbonyl (C=O) groups excluding carboxylic acids is 1. The SMILES string of the molecule is CCC1CC2(O)CC(C2)N1C(=O)CC(C)c1nc2ccc(C3CC3)cc2[nH]1. The topological polar surface area (TPSA) is 69.2 Å². The second-order valence-electron chi connectivity index (χ2n) is 9.13. The number of aromatic amines is 1. The molecule has 0 spiro atoms. The Morgan fingerprint density at radius 3 is 2.85 bits per heavy atom. The molecule has 2 N–H and O–H groups in total. The van der Waals surface area contributed by atoms with Gasteiger partial charge in [0.05, 0.1) is 16.6 Å². The van der Waals surface area contributed by atoms with E-state index in [9.17, 15) is 9.90 Å². The van der Waals surface area contributed by atoms with Gasteiger partial charge >= 0.3 is 0 Å². The molecule has 4 fully saturated rings. The van der Waals surface area contributed by atoms with Gasteiger partial charge in [-0.15, -0.1) is 0 Å². The highest BCUT2D eigenvalue weighted by atomic mass is 16.3. The minimum atomic E-state index is -0.508. The maximum absolute atomic E-state index is 13.1. The molecular formula is C22H29N3O2. The number of imidazole rings is 1. The number of hydrogen-bond donors (Lipinski definition) is 2. The number of amides is 1. The predicted octanol–water partition coefficient (Wildman–Crippen LogP) is 3.84. The number of nitrogens with zero attached hydrogens (tertiary/aromatic N) is 2. The largest absolute Gasteiger partial charge is 0.390 e. The van der Waals surface area contributed by atoms with Crippen LogP contribution in [-0.2, 0) is 4.79 Å². The first-order valence-corrected chi connectivity index (χ1v) is 10.5. The fraction of sp³-hybridized carbons (Fsp3) is 0.636. The Hall–Kier alpha value is -1.88. The molecule has 2 aliphatic heterocycles. The standard InChI is InChI=1S/C22H29N3O2/c1-3-16-10-22(27)11-17(12-22)25(16)20(26)8-13(2)21-23-18-7-6-15(14-4-5-14)9-19(18)24-21/h6-7,9,13-14,16-17,27H,3-5,8,10-12H2,1-2H3,(H,23,24). The molecule has 1 aromatic heterocycles. The monoisotopic (exact) mass is 367 g/mol. The lowest BCUT2D eigenvalue weighted by molar-refractivity contribution is -0.178. The molecular weight excluding hydrogens is 338 g/mol. The molecule has 1 aromatic carbocycles. The molecule has 2 aromatic rings. The third-order valence-corrected chi connectivity index (χ3v) is 6.91. The number of hydrogen-bond acceptors (Lipinski definition) is 3. The van der Waals surface area contributed by atoms with Gasteiger partial charge in [0.15, 0.2) is 0 Å². The molecule has 5 heteroatoms. The smallest absolute Gasteiger partial charge is 0.223 e. The summed E-state index contributed by atoms with van der Waals surface area (Å²) in [4.78, 5) is 23.3. The number of benzene rings is 1. The molecule has 0 radical (unpaired) electrons. The van der Waals surface area contributed by atoms with Crippen LogP contribution < -0.4 is 0 Å². The number of aromatic nitrogens is 2. The van der Waals surface area contributed by atoms with Crippen LogP contribution in [0, 0.1) is 0 Å². The zero-order valence-electron chi connectivity index (χ0n) is 16.2. The van der Waals surface area contributed by atoms with Crippen molar-refractivity contribution in [2.24, 2.45) is 0 Å². The molecule has 27 heavy (non-hydrogen) atoms. The van der Waals surface area contributed by atoms with Crippen molar-refractivity contribution in [2.45, 2.75) is 88.3 Å². The number of fused-ring (bicyclic) bond motifs is 3. The summed E-state index contributed by atoms with van der Waals surface area (Å²) >= 11 is 0. The van der Waals surface area contributed by atoms with Crippen LogP contribution in [0.25, 0.3) is 11.0 Å². The number of carbonyl (C=O) groups is 1. The van der Waals surface area contributed by atoms with Gasteiger partial charge < -0.3 is 15.0 Å². The van der Waals surface area contributed by atoms with Gasteiger partial charge in [-0.25, -0.2) is 4.98 Å². The van der Waals surface area contributed by atoms with Crippen LogP contribution in [0.2, 0.25) is 0 Å². The number of H-pyrrole nitrogens is 1. The van der Waals surface area contributed by atoms with Crippen LogP contribution in [0.5, 0.6) is 0 Å². The van der Waals surface area contributed by atoms with Crippen molar-refractivity contribution in [1.82, 2.24) is 14.9 Å². The average molecular weight is 367 g/mol. The molecule has 4 aliphatic rings. The van der Waals surface area contributed by atoms with E-state index in [2.05, 4.69) is 41.9 Å². The van der Waals surface area contributed by atoms with Crippen molar-refractivity contribution in [1.29, 1.82) is 0 Å². The second-order valence-corrected chi connectivity index (χ2v) is 9.13. The lowest BCUT2D eigenvalue weighted by atomic mass is 9.66. The first-order chi connectivity index (χ1) is 13.0. The molecule has 2 unspecified atom stereocenters. The lowest BCUT2D eigenvalue weighted by Crippen LogP contribution is -2.67. The molecule has 5 nitrogen and oxygen atoms in total. The van der Waals surface area contributed by atoms with E-state index < -0.39 is 5.60 Å². The predicted molar refractivity (Wildman–Crippen MR) is 105 cm³/mol. The molecule has 2 aliphatic carbocycles. The van der Waals surface area contributed by atoms with E-state index in [1.165, 1.54) is 18.4 Å². The van der Waals surface area contributed by atoms with Crippen molar-refractivity contribution in [3.63, 3.8) is 0 Å². The van der Waals surface area contributed by atoms with Crippen LogP contribution in [0.4, 0.5) is 0 Å². The zero-order chi connectivity index (χ0) is 18.8. The van der Waals surface area contributed by atoms with Crippen molar-refractivity contribution in [3.05, 3.63) is 29.6 Å². The van der Waals surface area contributed by atoms with Crippen molar-refractivity contribution < 1.29 is 9.90 Å². The molecule has 3 heterocycles. The van der Waals surface area contributed by atoms with Crippen LogP contribution in [0.1, 0.15) is 82.0 Å². The normalized spacial score (nSPS) is 31.0. The van der Waals surface area contributed by atoms with Gasteiger partial charge in [0.1, 0.15) is 5.82 Å². The fourth-order valence-corrected chi connectivity index (χ4v) is 5.18. The number of nitrogens with one attached hydrogen (secondary N) is 1. The Kier molecular flexibility index (Phi) is 3.87. The number of piperidine rings is 2. The van der Waals surface area contributed by atoms with Crippen molar-refractivity contribution in [2.75, 3.05) is 0 Å². The third-order valence-electron chi connectivity index (χ3n) is 6.91. The molecule has 1 amide bonds. The highest BCUT2D eigenvalue weighted by Gasteiger charge is 2.54. The minimum Gasteiger partial charge on any atom is -0.390 e. The Balaban J connectivity index is 1.31. The summed E-state index contributed by atoms with van der Waals surface area (Å²) in [5.41, 5.74) is 2.97. The van der Waals surface area contributed by atoms with Gasteiger partial charge in [0, 0.05) is 24.4 Å². The maximum atomic E-state index is 13.1. The Labute approximate surface area is 160 Å². The summed E-state index contributed by atoms with van der Waals surface area (Å²) in [7, 11) is 0. The first-order valence-electron chi connectivity index (χ1n) is 10.5. The maximum Gasteiger partial charge on any atom is 0.223 e. The van der Waals surface area contributed by atoms with Gasteiger partial charge in [0.25, 0.3) is 0 Å². The van der Waals surface area contributed by atoms with E-state index in [4.69, 9.17) is 4.98 Å². The summed E-state index contributed by atoms with van der Waals surface area (Å²) < 4.78 is 0. The summed E-state index contributed by atoms with van der Waals surface area (Å²) in [6.45, 7) is 4.19. The molecule has 2 bridgehead atoms. The molecule has 2 saturated heterocycles. The molecule has 2 atom stereocenters. The highest BCUT2D eigenvalue weighted by Crippen LogP contribution is 2.47. The van der Waals surface area contributed by atoms with Gasteiger partial charge in [-0.3, -0.25) is 4.79 Å². The lowest BCUT2D eigenvalue weighted by Gasteiger charge is -2.58. The van der Waals surface area contributed by atoms with Gasteiger partial charge in [-0.2, -0.15) is 0 Å². The summed E-state index contributed by atoms with van der Waals surface area (Å²) in [5.74, 6) is 1.90. The summed E-state index contributed by atoms with van der Waals surface area (Å²) in [6, 6.07) is 6.93. The van der Waals surface area contributed by atoms with E-state index in [1.54, 1.807) is 0 Å². The molecule has 144 valence electrons. The first kappa shape index (κ1) is 17.2. The van der Waals surface area contributed by atoms with E-state index in [0.717, 1.165) is 48.5 Å². The summed E-state index contributed by atoms with van der Waals surface area (Å²) in [6.07, 6.45) is 6.20. The van der Waals surface area contributed by atoms with Crippen LogP contribution >= 0.6 is 0 Å². The highest BCUT2D eigenvalue weighted by molar-refractivity contribution is 5.79.